The molecule has 3 amide bonds. The molecule has 0 bridgehead atoms. The molecule has 22 heavy (non-hydrogen) atoms. The van der Waals surface area contributed by atoms with Crippen molar-refractivity contribution in [2.45, 2.75) is 31.7 Å². The first-order valence-corrected chi connectivity index (χ1v) is 7.91. The number of benzene rings is 1. The Bertz CT molecular complexity index is 663. The SMILES string of the molecule is O=C(I)Nc1ccc2c(c1)C(=O)N(C1CCC(=O)NC1O)C2. The molecular formula is C14H14IN3O4. The van der Waals surface area contributed by atoms with Gasteiger partial charge in [0.1, 0.15) is 6.23 Å². The summed E-state index contributed by atoms with van der Waals surface area (Å²) in [5.41, 5.74) is 1.93. The Morgan fingerprint density at radius 1 is 1.41 bits per heavy atom. The van der Waals surface area contributed by atoms with Crippen molar-refractivity contribution in [2.75, 3.05) is 5.32 Å². The van der Waals surface area contributed by atoms with Crippen molar-refractivity contribution in [1.82, 2.24) is 10.2 Å². The van der Waals surface area contributed by atoms with Crippen LogP contribution in [0.3, 0.4) is 0 Å². The Morgan fingerprint density at radius 3 is 2.86 bits per heavy atom. The third-order valence-electron chi connectivity index (χ3n) is 3.93. The maximum absolute atomic E-state index is 12.5. The molecule has 8 heteroatoms. The second-order valence-corrected chi connectivity index (χ2v) is 6.30. The maximum Gasteiger partial charge on any atom is 0.284 e. The lowest BCUT2D eigenvalue weighted by atomic mass is 10.0. The number of carbonyl (C=O) groups excluding carboxylic acids is 3. The summed E-state index contributed by atoms with van der Waals surface area (Å²) in [4.78, 5) is 36.5. The molecule has 7 nitrogen and oxygen atoms in total. The average Bonchev–Trinajstić information content (AvgIpc) is 2.75. The first-order valence-electron chi connectivity index (χ1n) is 6.83. The molecule has 1 saturated heterocycles. The highest BCUT2D eigenvalue weighted by Gasteiger charge is 2.38. The monoisotopic (exact) mass is 415 g/mol. The second-order valence-electron chi connectivity index (χ2n) is 5.32. The van der Waals surface area contributed by atoms with Gasteiger partial charge >= 0.3 is 0 Å². The van der Waals surface area contributed by atoms with Gasteiger partial charge in [-0.3, -0.25) is 14.4 Å². The number of anilines is 1. The van der Waals surface area contributed by atoms with Gasteiger partial charge in [-0.1, -0.05) is 6.07 Å². The van der Waals surface area contributed by atoms with Crippen LogP contribution in [0.15, 0.2) is 18.2 Å². The van der Waals surface area contributed by atoms with Crippen molar-refractivity contribution in [2.24, 2.45) is 0 Å². The molecule has 0 spiro atoms. The molecule has 116 valence electrons. The molecule has 0 aromatic heterocycles. The highest BCUT2D eigenvalue weighted by molar-refractivity contribution is 14.1. The Hall–Kier alpha value is -1.68. The van der Waals surface area contributed by atoms with Gasteiger partial charge in [-0.05, 0) is 24.1 Å². The Morgan fingerprint density at radius 2 is 2.18 bits per heavy atom. The van der Waals surface area contributed by atoms with Gasteiger partial charge in [0.2, 0.25) is 5.91 Å². The smallest absolute Gasteiger partial charge is 0.284 e. The van der Waals surface area contributed by atoms with Crippen molar-refractivity contribution < 1.29 is 19.5 Å². The van der Waals surface area contributed by atoms with Crippen LogP contribution < -0.4 is 10.6 Å². The van der Waals surface area contributed by atoms with Gasteiger partial charge in [0.25, 0.3) is 9.82 Å². The first kappa shape index (κ1) is 15.2. The summed E-state index contributed by atoms with van der Waals surface area (Å²) < 4.78 is -0.231. The molecular weight excluding hydrogens is 401 g/mol. The minimum absolute atomic E-state index is 0.195. The van der Waals surface area contributed by atoms with Crippen LogP contribution in [0.4, 0.5) is 10.5 Å². The van der Waals surface area contributed by atoms with Gasteiger partial charge in [-0.25, -0.2) is 0 Å². The number of amides is 3. The third-order valence-corrected chi connectivity index (χ3v) is 4.19. The van der Waals surface area contributed by atoms with E-state index in [0.717, 1.165) is 5.56 Å². The van der Waals surface area contributed by atoms with Crippen molar-refractivity contribution in [3.8, 4) is 0 Å². The summed E-state index contributed by atoms with van der Waals surface area (Å²) in [6, 6.07) is 4.75. The van der Waals surface area contributed by atoms with Crippen molar-refractivity contribution >= 4 is 44.0 Å². The van der Waals surface area contributed by atoms with Gasteiger partial charge in [0.15, 0.2) is 0 Å². The number of halogens is 1. The number of fused-ring (bicyclic) bond motifs is 1. The number of aliphatic hydroxyl groups is 1. The molecule has 2 atom stereocenters. The Balaban J connectivity index is 1.82. The molecule has 0 radical (unpaired) electrons. The highest BCUT2D eigenvalue weighted by Crippen LogP contribution is 2.30. The van der Waals surface area contributed by atoms with Gasteiger partial charge in [-0.2, -0.15) is 0 Å². The lowest BCUT2D eigenvalue weighted by molar-refractivity contribution is -0.129. The van der Waals surface area contributed by atoms with E-state index in [1.807, 2.05) is 0 Å². The predicted octanol–water partition coefficient (Wildman–Crippen LogP) is 1.21. The number of nitrogens with one attached hydrogen (secondary N) is 2. The molecule has 2 heterocycles. The zero-order chi connectivity index (χ0) is 15.9. The fourth-order valence-corrected chi connectivity index (χ4v) is 3.19. The minimum atomic E-state index is -1.05. The van der Waals surface area contributed by atoms with E-state index in [-0.39, 0.29) is 22.1 Å². The number of piperidine rings is 1. The van der Waals surface area contributed by atoms with Crippen molar-refractivity contribution in [1.29, 1.82) is 0 Å². The van der Waals surface area contributed by atoms with E-state index in [1.54, 1.807) is 45.7 Å². The Kier molecular flexibility index (Phi) is 4.04. The lowest BCUT2D eigenvalue weighted by Gasteiger charge is -2.35. The summed E-state index contributed by atoms with van der Waals surface area (Å²) in [6.45, 7) is 0.393. The molecule has 0 aliphatic carbocycles. The van der Waals surface area contributed by atoms with Crippen LogP contribution in [0.25, 0.3) is 0 Å². The lowest BCUT2D eigenvalue weighted by Crippen LogP contribution is -2.55. The minimum Gasteiger partial charge on any atom is -0.372 e. The van der Waals surface area contributed by atoms with Crippen LogP contribution in [-0.4, -0.2) is 38.0 Å². The predicted molar refractivity (Wildman–Crippen MR) is 86.5 cm³/mol. The second kappa shape index (κ2) is 5.84. The molecule has 3 rings (SSSR count). The van der Waals surface area contributed by atoms with Crippen LogP contribution in [-0.2, 0) is 11.3 Å². The van der Waals surface area contributed by atoms with Crippen LogP contribution in [0.2, 0.25) is 0 Å². The number of rotatable bonds is 2. The molecule has 1 aromatic carbocycles. The molecule has 2 unspecified atom stereocenters. The summed E-state index contributed by atoms with van der Waals surface area (Å²) >= 11 is 1.62. The van der Waals surface area contributed by atoms with E-state index in [9.17, 15) is 19.5 Å². The largest absolute Gasteiger partial charge is 0.372 e. The third kappa shape index (κ3) is 2.80. The number of nitrogens with zero attached hydrogens (tertiary/aromatic N) is 1. The van der Waals surface area contributed by atoms with E-state index in [4.69, 9.17) is 0 Å². The topological polar surface area (TPSA) is 98.7 Å². The zero-order valence-corrected chi connectivity index (χ0v) is 13.7. The van der Waals surface area contributed by atoms with Gasteiger partial charge in [-0.15, -0.1) is 0 Å². The Labute approximate surface area is 140 Å². The zero-order valence-electron chi connectivity index (χ0n) is 11.5. The fourth-order valence-electron chi connectivity index (χ4n) is 2.88. The van der Waals surface area contributed by atoms with Crippen molar-refractivity contribution in [3.63, 3.8) is 0 Å². The number of hydrogen-bond acceptors (Lipinski definition) is 4. The summed E-state index contributed by atoms with van der Waals surface area (Å²) in [5, 5.41) is 15.1. The highest BCUT2D eigenvalue weighted by atomic mass is 127. The summed E-state index contributed by atoms with van der Waals surface area (Å²) in [5.74, 6) is -0.403. The first-order chi connectivity index (χ1) is 10.5. The number of aliphatic hydroxyl groups excluding tert-OH is 1. The van der Waals surface area contributed by atoms with Gasteiger partial charge in [0, 0.05) is 46.8 Å². The van der Waals surface area contributed by atoms with E-state index < -0.39 is 12.3 Å². The van der Waals surface area contributed by atoms with Crippen LogP contribution in [0, 0.1) is 0 Å². The molecule has 1 fully saturated rings. The van der Waals surface area contributed by atoms with Crippen LogP contribution in [0.1, 0.15) is 28.8 Å². The fraction of sp³-hybridized carbons (Fsp3) is 0.357. The van der Waals surface area contributed by atoms with E-state index >= 15 is 0 Å². The van der Waals surface area contributed by atoms with Gasteiger partial charge < -0.3 is 20.6 Å². The summed E-state index contributed by atoms with van der Waals surface area (Å²) in [7, 11) is 0. The number of hydrogen-bond donors (Lipinski definition) is 3. The quantitative estimate of drug-likeness (QED) is 0.384. The standard InChI is InChI=1S/C14H14IN3O4/c15-14(22)16-8-2-1-7-6-18(13(21)9(7)5-8)10-3-4-11(19)17-12(10)20/h1-2,5,10,12,20H,3-4,6H2,(H,16,22)(H,17,19). The van der Waals surface area contributed by atoms with Crippen LogP contribution in [0.5, 0.6) is 0 Å². The van der Waals surface area contributed by atoms with Crippen molar-refractivity contribution in [3.05, 3.63) is 29.3 Å². The van der Waals surface area contributed by atoms with Gasteiger partial charge in [0.05, 0.1) is 6.04 Å². The molecule has 1 aromatic rings. The maximum atomic E-state index is 12.5. The number of carbonyl (C=O) groups is 3. The van der Waals surface area contributed by atoms with Crippen LogP contribution >= 0.6 is 22.6 Å². The average molecular weight is 415 g/mol. The van der Waals surface area contributed by atoms with E-state index in [0.29, 0.717) is 24.2 Å². The summed E-state index contributed by atoms with van der Waals surface area (Å²) in [6.07, 6.45) is -0.324. The molecule has 0 saturated carbocycles. The van der Waals surface area contributed by atoms with E-state index in [1.165, 1.54) is 0 Å². The normalized spacial score (nSPS) is 24.0. The molecule has 3 N–H and O–H groups in total. The molecule has 2 aliphatic rings. The molecule has 2 aliphatic heterocycles. The van der Waals surface area contributed by atoms with E-state index in [2.05, 4.69) is 10.6 Å².